The molecule has 0 saturated carbocycles. The normalized spacial score (nSPS) is 36.9. The lowest BCUT2D eigenvalue weighted by molar-refractivity contribution is -0.295. The van der Waals surface area contributed by atoms with Gasteiger partial charge < -0.3 is 38.6 Å². The Hall–Kier alpha value is -3.75. The quantitative estimate of drug-likeness (QED) is 0.228. The number of nitrogens with zero attached hydrogens (tertiary/aromatic N) is 3. The van der Waals surface area contributed by atoms with Crippen molar-refractivity contribution < 1.29 is 48.0 Å². The molecule has 1 amide bonds. The second-order valence-electron chi connectivity index (χ2n) is 17.5. The lowest BCUT2D eigenvalue weighted by Gasteiger charge is -2.47. The van der Waals surface area contributed by atoms with Gasteiger partial charge in [-0.2, -0.15) is 0 Å². The molecule has 0 spiro atoms. The highest BCUT2D eigenvalue weighted by Gasteiger charge is 2.60. The number of aryl methyl sites for hydroxylation is 1. The van der Waals surface area contributed by atoms with Crippen LogP contribution >= 0.6 is 0 Å². The van der Waals surface area contributed by atoms with Crippen LogP contribution in [0.1, 0.15) is 92.2 Å². The van der Waals surface area contributed by atoms with Gasteiger partial charge in [0, 0.05) is 60.8 Å². The smallest absolute Gasteiger partial charge is 0.410 e. The second-order valence-corrected chi connectivity index (χ2v) is 17.5. The molecule has 0 radical (unpaired) electrons. The zero-order valence-electron chi connectivity index (χ0n) is 36.4. The maximum absolute atomic E-state index is 14.7. The average Bonchev–Trinajstić information content (AvgIpc) is 3.44. The molecule has 0 bridgehead atoms. The third-order valence-electron chi connectivity index (χ3n) is 12.9. The van der Waals surface area contributed by atoms with Gasteiger partial charge in [0.25, 0.3) is 0 Å². The second kappa shape index (κ2) is 18.3. The summed E-state index contributed by atoms with van der Waals surface area (Å²) in [4.78, 5) is 64.8. The molecule has 3 aliphatic rings. The van der Waals surface area contributed by atoms with E-state index in [0.717, 1.165) is 21.9 Å². The van der Waals surface area contributed by atoms with Gasteiger partial charge in [-0.15, -0.1) is 0 Å². The lowest BCUT2D eigenvalue weighted by Crippen LogP contribution is -2.60. The molecular weight excluding hydrogens is 743 g/mol. The number of ketones is 2. The number of aliphatic hydroxyl groups excluding tert-OH is 1. The molecule has 1 N–H and O–H groups in total. The van der Waals surface area contributed by atoms with Crippen LogP contribution in [0.5, 0.6) is 0 Å². The molecule has 0 aliphatic carbocycles. The van der Waals surface area contributed by atoms with E-state index in [1.165, 1.54) is 14.0 Å². The number of likely N-dealkylation sites (N-methyl/N-ethyl adjacent to an activating group) is 1. The van der Waals surface area contributed by atoms with Crippen LogP contribution in [0.15, 0.2) is 36.7 Å². The zero-order valence-corrected chi connectivity index (χ0v) is 36.4. The van der Waals surface area contributed by atoms with Crippen LogP contribution in [0.4, 0.5) is 4.79 Å². The van der Waals surface area contributed by atoms with Gasteiger partial charge in [-0.3, -0.25) is 19.4 Å². The molecule has 58 heavy (non-hydrogen) atoms. The first-order valence-electron chi connectivity index (χ1n) is 20.8. The summed E-state index contributed by atoms with van der Waals surface area (Å²) in [6, 6.07) is 5.11. The number of ether oxygens (including phenoxy) is 5. The van der Waals surface area contributed by atoms with Crippen molar-refractivity contribution >= 4 is 40.5 Å². The number of hydrogen-bond acceptors (Lipinski definition) is 12. The van der Waals surface area contributed by atoms with E-state index in [9.17, 15) is 24.3 Å². The molecule has 5 rings (SSSR count). The summed E-state index contributed by atoms with van der Waals surface area (Å²) >= 11 is 0. The van der Waals surface area contributed by atoms with E-state index >= 15 is 0 Å². The molecule has 0 unspecified atom stereocenters. The van der Waals surface area contributed by atoms with Gasteiger partial charge in [0.15, 0.2) is 17.7 Å². The van der Waals surface area contributed by atoms with Gasteiger partial charge in [0.05, 0.1) is 23.9 Å². The molecule has 320 valence electrons. The molecule has 4 heterocycles. The van der Waals surface area contributed by atoms with Crippen molar-refractivity contribution in [2.75, 3.05) is 27.7 Å². The highest BCUT2D eigenvalue weighted by molar-refractivity contribution is 6.00. The summed E-state index contributed by atoms with van der Waals surface area (Å²) in [5.74, 6) is -4.99. The minimum absolute atomic E-state index is 0.125. The summed E-state index contributed by atoms with van der Waals surface area (Å²) < 4.78 is 31.2. The number of amides is 1. The standard InChI is InChI=1S/C45H65N3O10/c1-13-35-45(9)39(48(43(53)58-45)19-15-14-16-31-23-46-24-32-20-25(2)17-18-33(31)32)28(5)36(49)26(3)22-44(8,54-12)40(29(6)37(50)30(7)41(52)56-35)57-42-38(51)34(47(10)11)21-27(4)55-42/h14,16-18,20,23-24,26-30,34-35,38-40,42,51H,13,15,19,21-22H2,1-12H3/b16-14+/t26-,27-,28+,29+,30-,34+,35-,38-,39-,40-,42+,44-,45-/m1/s1. The van der Waals surface area contributed by atoms with Crippen molar-refractivity contribution in [3.05, 3.63) is 47.8 Å². The fraction of sp³-hybridized carbons (Fsp3) is 0.667. The molecule has 13 heteroatoms. The Labute approximate surface area is 343 Å². The third kappa shape index (κ3) is 9.03. The molecule has 13 nitrogen and oxygen atoms in total. The third-order valence-corrected chi connectivity index (χ3v) is 12.9. The summed E-state index contributed by atoms with van der Waals surface area (Å²) in [7, 11) is 5.24. The van der Waals surface area contributed by atoms with E-state index in [-0.39, 0.29) is 37.3 Å². The number of carbonyl (C=O) groups excluding carboxylic acids is 4. The van der Waals surface area contributed by atoms with E-state index in [2.05, 4.69) is 23.2 Å². The summed E-state index contributed by atoms with van der Waals surface area (Å²) in [6.45, 7) is 16.2. The van der Waals surface area contributed by atoms with Crippen LogP contribution in [0.25, 0.3) is 16.8 Å². The fourth-order valence-corrected chi connectivity index (χ4v) is 9.59. The van der Waals surface area contributed by atoms with Crippen LogP contribution < -0.4 is 0 Å². The Bertz CT molecular complexity index is 1850. The SMILES string of the molecule is CC[C@H]1OC(=O)[C@H](C)C(=O)[C@H](C)[C@@H](O[C@@H]2O[C@H](C)C[C@H](N(C)C)[C@H]2O)[C@](C)(OC)C[C@@H](C)C(=O)[C@H](C)[C@H]2N(CC/C=C/c3cncc4cc(C)ccc34)C(=O)O[C@]12C. The number of Topliss-reactive ketones (excluding diaryl/α,β-unsaturated/α-hetero) is 2. The summed E-state index contributed by atoms with van der Waals surface area (Å²) in [5.41, 5.74) is -0.606. The predicted octanol–water partition coefficient (Wildman–Crippen LogP) is 6.15. The van der Waals surface area contributed by atoms with Gasteiger partial charge in [0.1, 0.15) is 23.9 Å². The Morgan fingerprint density at radius 3 is 2.40 bits per heavy atom. The number of fused-ring (bicyclic) bond motifs is 2. The molecule has 1 aromatic carbocycles. The molecule has 3 fully saturated rings. The highest BCUT2D eigenvalue weighted by atomic mass is 16.7. The highest BCUT2D eigenvalue weighted by Crippen LogP contribution is 2.43. The van der Waals surface area contributed by atoms with Crippen molar-refractivity contribution in [1.29, 1.82) is 0 Å². The first-order chi connectivity index (χ1) is 27.3. The van der Waals surface area contributed by atoms with E-state index in [1.807, 2.05) is 65.0 Å². The van der Waals surface area contributed by atoms with Crippen molar-refractivity contribution in [3.63, 3.8) is 0 Å². The number of pyridine rings is 1. The number of aromatic nitrogens is 1. The largest absolute Gasteiger partial charge is 0.458 e. The topological polar surface area (TPSA) is 154 Å². The summed E-state index contributed by atoms with van der Waals surface area (Å²) in [6.07, 6.45) is 3.93. The fourth-order valence-electron chi connectivity index (χ4n) is 9.59. The van der Waals surface area contributed by atoms with Crippen LogP contribution in [-0.2, 0) is 38.1 Å². The molecule has 3 aliphatic heterocycles. The van der Waals surface area contributed by atoms with Gasteiger partial charge >= 0.3 is 12.1 Å². The number of methoxy groups -OCH3 is 1. The molecule has 13 atom stereocenters. The van der Waals surface area contributed by atoms with Crippen molar-refractivity contribution in [2.45, 2.75) is 142 Å². The monoisotopic (exact) mass is 807 g/mol. The molecule has 1 aromatic heterocycles. The average molecular weight is 808 g/mol. The predicted molar refractivity (Wildman–Crippen MR) is 220 cm³/mol. The minimum atomic E-state index is -1.42. The molecular formula is C45H65N3O10. The van der Waals surface area contributed by atoms with E-state index in [1.54, 1.807) is 38.8 Å². The maximum atomic E-state index is 14.7. The van der Waals surface area contributed by atoms with Crippen LogP contribution in [0.2, 0.25) is 0 Å². The van der Waals surface area contributed by atoms with Crippen LogP contribution in [0, 0.1) is 30.6 Å². The number of carbonyl (C=O) groups is 4. The first kappa shape index (κ1) is 45.3. The minimum Gasteiger partial charge on any atom is -0.458 e. The lowest BCUT2D eigenvalue weighted by atomic mass is 9.73. The first-order valence-corrected chi connectivity index (χ1v) is 20.8. The number of aliphatic hydroxyl groups is 1. The number of cyclic esters (lactones) is 1. The zero-order chi connectivity index (χ0) is 42.9. The molecule has 3 saturated heterocycles. The van der Waals surface area contributed by atoms with E-state index in [0.29, 0.717) is 12.8 Å². The Morgan fingerprint density at radius 1 is 1.03 bits per heavy atom. The summed E-state index contributed by atoms with van der Waals surface area (Å²) in [5, 5.41) is 13.5. The van der Waals surface area contributed by atoms with Crippen LogP contribution in [-0.4, -0.2) is 125 Å². The number of rotatable bonds is 9. The van der Waals surface area contributed by atoms with E-state index in [4.69, 9.17) is 23.7 Å². The Morgan fingerprint density at radius 2 is 1.74 bits per heavy atom. The van der Waals surface area contributed by atoms with Gasteiger partial charge in [-0.1, -0.05) is 57.5 Å². The van der Waals surface area contributed by atoms with Gasteiger partial charge in [0.2, 0.25) is 0 Å². The number of hydrogen-bond donors (Lipinski definition) is 1. The van der Waals surface area contributed by atoms with Gasteiger partial charge in [-0.05, 0) is 85.8 Å². The van der Waals surface area contributed by atoms with E-state index < -0.39 is 83.4 Å². The number of benzene rings is 1. The maximum Gasteiger partial charge on any atom is 0.410 e. The Kier molecular flexibility index (Phi) is 14.3. The van der Waals surface area contributed by atoms with Gasteiger partial charge in [-0.25, -0.2) is 4.79 Å². The van der Waals surface area contributed by atoms with Crippen molar-refractivity contribution in [3.8, 4) is 0 Å². The Balaban J connectivity index is 1.49. The van der Waals surface area contributed by atoms with Crippen LogP contribution in [0.3, 0.4) is 0 Å². The van der Waals surface area contributed by atoms with Crippen molar-refractivity contribution in [2.24, 2.45) is 23.7 Å². The molecule has 2 aromatic rings. The van der Waals surface area contributed by atoms with Crippen molar-refractivity contribution in [1.82, 2.24) is 14.8 Å². The number of esters is 1.